The van der Waals surface area contributed by atoms with E-state index >= 15 is 0 Å². The highest BCUT2D eigenvalue weighted by atomic mass is 32.1. The third-order valence-corrected chi connectivity index (χ3v) is 4.22. The monoisotopic (exact) mass is 401 g/mol. The Bertz CT molecular complexity index is 897. The average Bonchev–Trinajstić information content (AvgIpc) is 3.06. The molecule has 2 amide bonds. The maximum atomic E-state index is 12.0. The molecule has 7 nitrogen and oxygen atoms in total. The summed E-state index contributed by atoms with van der Waals surface area (Å²) < 4.78 is 5.08. The van der Waals surface area contributed by atoms with E-state index in [9.17, 15) is 14.4 Å². The van der Waals surface area contributed by atoms with Crippen LogP contribution in [0.4, 0.5) is 9.93 Å². The van der Waals surface area contributed by atoms with Crippen molar-refractivity contribution < 1.29 is 19.1 Å². The van der Waals surface area contributed by atoms with Crippen molar-refractivity contribution in [2.45, 2.75) is 33.3 Å². The second kappa shape index (κ2) is 9.27. The Morgan fingerprint density at radius 2 is 2.04 bits per heavy atom. The van der Waals surface area contributed by atoms with E-state index < -0.39 is 17.6 Å². The Morgan fingerprint density at radius 1 is 1.29 bits per heavy atom. The second-order valence-electron chi connectivity index (χ2n) is 7.01. The molecule has 1 heterocycles. The number of aromatic nitrogens is 1. The number of aldehydes is 1. The Labute approximate surface area is 167 Å². The van der Waals surface area contributed by atoms with Crippen molar-refractivity contribution in [3.8, 4) is 11.3 Å². The Hall–Kier alpha value is -3.00. The Morgan fingerprint density at radius 3 is 2.68 bits per heavy atom. The molecule has 0 aliphatic carbocycles. The van der Waals surface area contributed by atoms with Gasteiger partial charge in [-0.05, 0) is 51.0 Å². The van der Waals surface area contributed by atoms with Crippen molar-refractivity contribution in [1.82, 2.24) is 10.3 Å². The fraction of sp³-hybridized carbons (Fsp3) is 0.300. The molecule has 0 bridgehead atoms. The highest BCUT2D eigenvalue weighted by Gasteiger charge is 2.17. The number of anilines is 1. The van der Waals surface area contributed by atoms with Crippen LogP contribution in [0.15, 0.2) is 29.7 Å². The molecular formula is C20H23N3O4S. The van der Waals surface area contributed by atoms with Gasteiger partial charge in [0.15, 0.2) is 5.13 Å². The third kappa shape index (κ3) is 6.62. The van der Waals surface area contributed by atoms with Gasteiger partial charge in [-0.15, -0.1) is 11.3 Å². The number of hydrogen-bond acceptors (Lipinski definition) is 6. The summed E-state index contributed by atoms with van der Waals surface area (Å²) in [7, 11) is 0. The highest BCUT2D eigenvalue weighted by Crippen LogP contribution is 2.26. The predicted molar refractivity (Wildman–Crippen MR) is 110 cm³/mol. The molecule has 1 aromatic carbocycles. The van der Waals surface area contributed by atoms with Crippen LogP contribution in [-0.4, -0.2) is 35.4 Å². The van der Waals surface area contributed by atoms with Gasteiger partial charge in [0.1, 0.15) is 18.4 Å². The molecule has 0 unspecified atom stereocenters. The van der Waals surface area contributed by atoms with E-state index in [4.69, 9.17) is 4.74 Å². The minimum absolute atomic E-state index is 0.208. The summed E-state index contributed by atoms with van der Waals surface area (Å²) in [5.41, 5.74) is 2.98. The molecule has 148 valence electrons. The normalized spacial score (nSPS) is 11.3. The molecule has 0 saturated carbocycles. The van der Waals surface area contributed by atoms with Gasteiger partial charge in [0.25, 0.3) is 0 Å². The number of ether oxygens (including phenoxy) is 1. The zero-order chi connectivity index (χ0) is 20.7. The van der Waals surface area contributed by atoms with Crippen LogP contribution in [0.3, 0.4) is 0 Å². The zero-order valence-corrected chi connectivity index (χ0v) is 17.1. The van der Waals surface area contributed by atoms with Crippen LogP contribution < -0.4 is 10.6 Å². The number of thiazole rings is 1. The van der Waals surface area contributed by atoms with Crippen molar-refractivity contribution in [3.63, 3.8) is 0 Å². The Kier molecular flexibility index (Phi) is 7.06. The number of rotatable bonds is 6. The van der Waals surface area contributed by atoms with E-state index in [1.807, 2.05) is 30.5 Å². The van der Waals surface area contributed by atoms with Crippen molar-refractivity contribution in [2.24, 2.45) is 0 Å². The van der Waals surface area contributed by atoms with Crippen LogP contribution in [0.1, 0.15) is 31.9 Å². The minimum atomic E-state index is -0.651. The van der Waals surface area contributed by atoms with Gasteiger partial charge >= 0.3 is 6.09 Å². The summed E-state index contributed by atoms with van der Waals surface area (Å²) in [5.74, 6) is -0.391. The molecular weight excluding hydrogens is 378 g/mol. The molecule has 0 aliphatic heterocycles. The molecule has 0 atom stereocenters. The van der Waals surface area contributed by atoms with Gasteiger partial charge in [-0.3, -0.25) is 9.59 Å². The van der Waals surface area contributed by atoms with Crippen molar-refractivity contribution in [3.05, 3.63) is 40.8 Å². The van der Waals surface area contributed by atoms with Crippen LogP contribution in [0.2, 0.25) is 0 Å². The number of carbonyl (C=O) groups excluding carboxylic acids is 3. The average molecular weight is 401 g/mol. The van der Waals surface area contributed by atoms with Gasteiger partial charge in [-0.1, -0.05) is 18.2 Å². The van der Waals surface area contributed by atoms with Crippen LogP contribution >= 0.6 is 11.3 Å². The number of nitrogens with one attached hydrogen (secondary N) is 2. The minimum Gasteiger partial charge on any atom is -0.444 e. The number of aryl methyl sites for hydroxylation is 1. The molecule has 28 heavy (non-hydrogen) atoms. The van der Waals surface area contributed by atoms with E-state index in [0.717, 1.165) is 28.7 Å². The summed E-state index contributed by atoms with van der Waals surface area (Å²) in [6, 6.07) is 5.78. The molecule has 2 N–H and O–H groups in total. The molecule has 0 aliphatic rings. The first kappa shape index (κ1) is 21.3. The van der Waals surface area contributed by atoms with Gasteiger partial charge in [-0.2, -0.15) is 0 Å². The summed E-state index contributed by atoms with van der Waals surface area (Å²) in [6.07, 6.45) is 3.28. The lowest BCUT2D eigenvalue weighted by Gasteiger charge is -2.19. The fourth-order valence-corrected chi connectivity index (χ4v) is 2.99. The van der Waals surface area contributed by atoms with Crippen molar-refractivity contribution >= 4 is 40.8 Å². The molecule has 2 aromatic rings. The van der Waals surface area contributed by atoms with Crippen molar-refractivity contribution in [2.75, 3.05) is 11.9 Å². The number of alkyl carbamates (subject to hydrolysis) is 1. The van der Waals surface area contributed by atoms with Crippen molar-refractivity contribution in [1.29, 1.82) is 0 Å². The molecule has 2 rings (SSSR count). The molecule has 0 fully saturated rings. The van der Waals surface area contributed by atoms with Gasteiger partial charge in [-0.25, -0.2) is 9.78 Å². The third-order valence-electron chi connectivity index (χ3n) is 3.46. The first-order chi connectivity index (χ1) is 13.2. The fourth-order valence-electron chi connectivity index (χ4n) is 2.26. The smallest absolute Gasteiger partial charge is 0.408 e. The molecule has 8 heteroatoms. The number of carbonyl (C=O) groups is 3. The maximum Gasteiger partial charge on any atom is 0.408 e. The number of nitrogens with zero attached hydrogens (tertiary/aromatic N) is 1. The standard InChI is InChI=1S/C20H23N3O4S/c1-13-10-15(8-7-14(13)6-5-9-24)16-12-28-18(22-16)23-17(25)11-21-19(26)27-20(2,3)4/h5-10,12H,11H2,1-4H3,(H,21,26)(H,22,23,25)/b6-5-. The molecule has 0 saturated heterocycles. The number of allylic oxidation sites excluding steroid dienone is 1. The lowest BCUT2D eigenvalue weighted by atomic mass is 10.0. The largest absolute Gasteiger partial charge is 0.444 e. The van der Waals surface area contributed by atoms with E-state index in [1.54, 1.807) is 26.8 Å². The maximum absolute atomic E-state index is 12.0. The van der Waals surface area contributed by atoms with E-state index in [2.05, 4.69) is 15.6 Å². The number of hydrogen-bond donors (Lipinski definition) is 2. The first-order valence-corrected chi connectivity index (χ1v) is 9.51. The van der Waals surface area contributed by atoms with Crippen LogP contribution in [0, 0.1) is 6.92 Å². The predicted octanol–water partition coefficient (Wildman–Crippen LogP) is 3.79. The topological polar surface area (TPSA) is 97.4 Å². The molecule has 0 spiro atoms. The SMILES string of the molecule is Cc1cc(-c2csc(NC(=O)CNC(=O)OC(C)(C)C)n2)ccc1/C=C\C=O. The van der Waals surface area contributed by atoms with E-state index in [1.165, 1.54) is 17.4 Å². The Balaban J connectivity index is 1.96. The summed E-state index contributed by atoms with van der Waals surface area (Å²) in [4.78, 5) is 38.4. The van der Waals surface area contributed by atoms with Gasteiger partial charge in [0.05, 0.1) is 5.69 Å². The summed E-state index contributed by atoms with van der Waals surface area (Å²) >= 11 is 1.29. The van der Waals surface area contributed by atoms with Gasteiger partial charge in [0.2, 0.25) is 5.91 Å². The lowest BCUT2D eigenvalue weighted by molar-refractivity contribution is -0.115. The highest BCUT2D eigenvalue weighted by molar-refractivity contribution is 7.14. The van der Waals surface area contributed by atoms with E-state index in [-0.39, 0.29) is 6.54 Å². The first-order valence-electron chi connectivity index (χ1n) is 8.63. The second-order valence-corrected chi connectivity index (χ2v) is 7.87. The quantitative estimate of drug-likeness (QED) is 0.567. The van der Waals surface area contributed by atoms with Crippen LogP contribution in [0.5, 0.6) is 0 Å². The van der Waals surface area contributed by atoms with Gasteiger partial charge < -0.3 is 15.4 Å². The molecule has 1 aromatic heterocycles. The van der Waals surface area contributed by atoms with E-state index in [0.29, 0.717) is 5.13 Å². The van der Waals surface area contributed by atoms with Crippen LogP contribution in [-0.2, 0) is 14.3 Å². The van der Waals surface area contributed by atoms with Gasteiger partial charge in [0, 0.05) is 10.9 Å². The summed E-state index contributed by atoms with van der Waals surface area (Å²) in [6.45, 7) is 6.98. The zero-order valence-electron chi connectivity index (χ0n) is 16.2. The summed E-state index contributed by atoms with van der Waals surface area (Å²) in [5, 5.41) is 7.33. The number of amides is 2. The molecule has 0 radical (unpaired) electrons. The van der Waals surface area contributed by atoms with Crippen LogP contribution in [0.25, 0.3) is 17.3 Å². The number of benzene rings is 1. The lowest BCUT2D eigenvalue weighted by Crippen LogP contribution is -2.37.